The number of hydrogen-bond donors (Lipinski definition) is 0. The Bertz CT molecular complexity index is 1680. The molecular formula is C38H43N3O6. The van der Waals surface area contributed by atoms with Crippen LogP contribution < -0.4 is 5.11 Å². The van der Waals surface area contributed by atoms with Crippen LogP contribution in [0.4, 0.5) is 5.69 Å². The third kappa shape index (κ3) is 6.45. The van der Waals surface area contributed by atoms with Gasteiger partial charge in [0.1, 0.15) is 0 Å². The average molecular weight is 638 g/mol. The Morgan fingerprint density at radius 3 is 2.06 bits per heavy atom. The number of carbonyl (C=O) groups is 1. The van der Waals surface area contributed by atoms with Crippen molar-refractivity contribution in [2.75, 3.05) is 40.4 Å². The number of nitro groups is 1. The number of carbonyl (C=O) groups excluding carboxylic acids is 1. The van der Waals surface area contributed by atoms with E-state index in [0.29, 0.717) is 23.4 Å². The molecule has 0 N–H and O–H groups in total. The minimum absolute atomic E-state index is 0.0405. The van der Waals surface area contributed by atoms with Gasteiger partial charge in [-0.3, -0.25) is 15.1 Å². The SMILES string of the molecule is CO/C([O-])=C1\C(C)=NC(C)=C(C(=O)OCCC[N+]2(C)CCC(c3ccccc3)(c3ccccc3)CC2)C1(C)c1cccc([N+](=O)[O-])c1. The second-order valence-electron chi connectivity index (χ2n) is 13.1. The molecule has 0 spiro atoms. The first-order valence-corrected chi connectivity index (χ1v) is 16.0. The minimum Gasteiger partial charge on any atom is -0.616 e. The zero-order chi connectivity index (χ0) is 33.8. The number of nitro benzene ring substituents is 1. The normalized spacial score (nSPS) is 21.4. The Labute approximate surface area is 276 Å². The van der Waals surface area contributed by atoms with E-state index < -0.39 is 22.3 Å². The van der Waals surface area contributed by atoms with E-state index in [-0.39, 0.29) is 28.9 Å². The highest BCUT2D eigenvalue weighted by Crippen LogP contribution is 2.46. The first-order valence-electron chi connectivity index (χ1n) is 16.0. The first kappa shape index (κ1) is 33.6. The van der Waals surface area contributed by atoms with Crippen LogP contribution in [0.1, 0.15) is 56.7 Å². The van der Waals surface area contributed by atoms with Crippen LogP contribution in [0, 0.1) is 10.1 Å². The Morgan fingerprint density at radius 2 is 1.51 bits per heavy atom. The van der Waals surface area contributed by atoms with Gasteiger partial charge in [0.05, 0.1) is 55.1 Å². The molecule has 1 fully saturated rings. The molecule has 1 atom stereocenters. The molecule has 0 aliphatic carbocycles. The number of methoxy groups -OCH3 is 1. The number of ether oxygens (including phenoxy) is 2. The van der Waals surface area contributed by atoms with Crippen molar-refractivity contribution in [2.24, 2.45) is 4.99 Å². The summed E-state index contributed by atoms with van der Waals surface area (Å²) in [6, 6.07) is 27.5. The van der Waals surface area contributed by atoms with Gasteiger partial charge in [0.15, 0.2) is 0 Å². The van der Waals surface area contributed by atoms with Crippen LogP contribution in [-0.2, 0) is 25.1 Å². The van der Waals surface area contributed by atoms with Crippen molar-refractivity contribution in [2.45, 2.75) is 50.9 Å². The van der Waals surface area contributed by atoms with Crippen LogP contribution in [0.15, 0.2) is 113 Å². The van der Waals surface area contributed by atoms with Crippen molar-refractivity contribution in [3.8, 4) is 0 Å². The molecule has 0 saturated carbocycles. The summed E-state index contributed by atoms with van der Waals surface area (Å²) < 4.78 is 11.9. The molecule has 3 aromatic rings. The van der Waals surface area contributed by atoms with Crippen LogP contribution >= 0.6 is 0 Å². The molecule has 5 rings (SSSR count). The highest BCUT2D eigenvalue weighted by Gasteiger charge is 2.46. The summed E-state index contributed by atoms with van der Waals surface area (Å²) in [6.45, 7) is 8.05. The summed E-state index contributed by atoms with van der Waals surface area (Å²) in [6.07, 6.45) is 2.67. The Hall–Kier alpha value is -4.76. The van der Waals surface area contributed by atoms with Gasteiger partial charge in [-0.2, -0.15) is 0 Å². The molecule has 246 valence electrons. The van der Waals surface area contributed by atoms with Crippen LogP contribution in [-0.4, -0.2) is 61.5 Å². The number of benzene rings is 3. The molecule has 3 aromatic carbocycles. The van der Waals surface area contributed by atoms with Crippen molar-refractivity contribution < 1.29 is 28.8 Å². The lowest BCUT2D eigenvalue weighted by Crippen LogP contribution is -2.54. The third-order valence-corrected chi connectivity index (χ3v) is 10.2. The molecule has 2 aliphatic rings. The smallest absolute Gasteiger partial charge is 0.337 e. The van der Waals surface area contributed by atoms with Gasteiger partial charge in [0, 0.05) is 53.8 Å². The molecule has 1 saturated heterocycles. The number of aliphatic imine (C=N–C) groups is 1. The number of nitrogens with zero attached hydrogens (tertiary/aromatic N) is 3. The Kier molecular flexibility index (Phi) is 9.68. The molecule has 0 bridgehead atoms. The van der Waals surface area contributed by atoms with Crippen LogP contribution in [0.25, 0.3) is 0 Å². The van der Waals surface area contributed by atoms with Crippen molar-refractivity contribution in [3.05, 3.63) is 135 Å². The number of piperidine rings is 1. The summed E-state index contributed by atoms with van der Waals surface area (Å²) in [5.74, 6) is -1.27. The molecule has 9 nitrogen and oxygen atoms in total. The number of rotatable bonds is 10. The lowest BCUT2D eigenvalue weighted by atomic mass is 9.67. The maximum Gasteiger partial charge on any atom is 0.337 e. The minimum atomic E-state index is -1.38. The van der Waals surface area contributed by atoms with E-state index in [1.807, 2.05) is 0 Å². The fraction of sp³-hybridized carbons (Fsp3) is 0.368. The predicted molar refractivity (Wildman–Crippen MR) is 180 cm³/mol. The lowest BCUT2D eigenvalue weighted by Gasteiger charge is -2.47. The van der Waals surface area contributed by atoms with E-state index in [1.165, 1.54) is 30.4 Å². The van der Waals surface area contributed by atoms with Crippen LogP contribution in [0.3, 0.4) is 0 Å². The molecule has 2 aliphatic heterocycles. The van der Waals surface area contributed by atoms with Crippen molar-refractivity contribution in [1.29, 1.82) is 0 Å². The summed E-state index contributed by atoms with van der Waals surface area (Å²) in [5, 5.41) is 24.8. The van der Waals surface area contributed by atoms with E-state index in [9.17, 15) is 20.0 Å². The topological polar surface area (TPSA) is 114 Å². The molecule has 9 heteroatoms. The zero-order valence-corrected chi connectivity index (χ0v) is 27.8. The average Bonchev–Trinajstić information content (AvgIpc) is 3.07. The van der Waals surface area contributed by atoms with Gasteiger partial charge in [-0.15, -0.1) is 0 Å². The molecule has 0 radical (unpaired) electrons. The highest BCUT2D eigenvalue weighted by atomic mass is 16.6. The summed E-state index contributed by atoms with van der Waals surface area (Å²) in [7, 11) is 3.53. The predicted octanol–water partition coefficient (Wildman–Crippen LogP) is 5.98. The maximum absolute atomic E-state index is 13.9. The zero-order valence-electron chi connectivity index (χ0n) is 27.8. The Balaban J connectivity index is 1.32. The van der Waals surface area contributed by atoms with E-state index in [1.54, 1.807) is 32.9 Å². The van der Waals surface area contributed by atoms with Crippen molar-refractivity contribution in [3.63, 3.8) is 0 Å². The second-order valence-corrected chi connectivity index (χ2v) is 13.1. The maximum atomic E-state index is 13.9. The summed E-state index contributed by atoms with van der Waals surface area (Å²) in [4.78, 5) is 29.5. The van der Waals surface area contributed by atoms with Crippen molar-refractivity contribution in [1.82, 2.24) is 0 Å². The molecule has 2 heterocycles. The van der Waals surface area contributed by atoms with Gasteiger partial charge >= 0.3 is 5.97 Å². The van der Waals surface area contributed by atoms with Gasteiger partial charge in [0.2, 0.25) is 0 Å². The number of esters is 1. The second kappa shape index (κ2) is 13.5. The van der Waals surface area contributed by atoms with Gasteiger partial charge in [0.25, 0.3) is 5.69 Å². The van der Waals surface area contributed by atoms with E-state index >= 15 is 0 Å². The molecule has 0 amide bonds. The standard InChI is InChI=1S/C38H43N3O6/c1-27-33(35(42)46-5)37(3,31-18-12-19-32(26-31)40(44)45)34(28(2)39-27)36(43)47-25-13-22-41(4)23-20-38(21-24-41,29-14-8-6-9-15-29)30-16-10-7-11-17-30/h6-12,14-19,26H,13,20-25H2,1-5H3. The number of likely N-dealkylation sites (tertiary alicyclic amines) is 1. The van der Waals surface area contributed by atoms with Gasteiger partial charge in [-0.1, -0.05) is 72.8 Å². The highest BCUT2D eigenvalue weighted by molar-refractivity contribution is 6.08. The first-order chi connectivity index (χ1) is 22.4. The van der Waals surface area contributed by atoms with Gasteiger partial charge < -0.3 is 19.1 Å². The summed E-state index contributed by atoms with van der Waals surface area (Å²) >= 11 is 0. The van der Waals surface area contributed by atoms with Crippen molar-refractivity contribution >= 4 is 17.4 Å². The van der Waals surface area contributed by atoms with E-state index in [2.05, 4.69) is 72.7 Å². The van der Waals surface area contributed by atoms with E-state index in [0.717, 1.165) is 37.0 Å². The quantitative estimate of drug-likeness (QED) is 0.0675. The molecule has 1 unspecified atom stereocenters. The fourth-order valence-electron chi connectivity index (χ4n) is 7.56. The monoisotopic (exact) mass is 637 g/mol. The lowest BCUT2D eigenvalue weighted by molar-refractivity contribution is -0.915. The third-order valence-electron chi connectivity index (χ3n) is 10.2. The fourth-order valence-corrected chi connectivity index (χ4v) is 7.56. The van der Waals surface area contributed by atoms with E-state index in [4.69, 9.17) is 9.47 Å². The number of hydrogen-bond acceptors (Lipinski definition) is 7. The van der Waals surface area contributed by atoms with Gasteiger partial charge in [-0.05, 0) is 44.6 Å². The largest absolute Gasteiger partial charge is 0.616 e. The number of allylic oxidation sites excluding steroid dienone is 2. The number of non-ortho nitro benzene ring substituents is 1. The summed E-state index contributed by atoms with van der Waals surface area (Å²) in [5.41, 5.74) is 2.59. The molecule has 47 heavy (non-hydrogen) atoms. The molecule has 0 aromatic heterocycles. The van der Waals surface area contributed by atoms with Crippen LogP contribution in [0.5, 0.6) is 0 Å². The Morgan fingerprint density at radius 1 is 0.936 bits per heavy atom. The van der Waals surface area contributed by atoms with Gasteiger partial charge in [-0.25, -0.2) is 4.79 Å². The number of quaternary nitrogens is 1. The molecular weight excluding hydrogens is 594 g/mol. The van der Waals surface area contributed by atoms with Crippen LogP contribution in [0.2, 0.25) is 0 Å².